The van der Waals surface area contributed by atoms with Crippen molar-refractivity contribution in [1.82, 2.24) is 4.90 Å². The minimum Gasteiger partial charge on any atom is -0.481 e. The molecule has 1 saturated carbocycles. The Balaban J connectivity index is 1.88. The van der Waals surface area contributed by atoms with E-state index in [4.69, 9.17) is 9.84 Å². The van der Waals surface area contributed by atoms with Crippen LogP contribution in [0.2, 0.25) is 0 Å². The molecule has 5 nitrogen and oxygen atoms in total. The molecule has 1 saturated heterocycles. The zero-order valence-electron chi connectivity index (χ0n) is 9.22. The number of carbonyl (C=O) groups is 2. The maximum atomic E-state index is 12.0. The Labute approximate surface area is 94.4 Å². The number of morpholine rings is 1. The Morgan fingerprint density at radius 3 is 2.31 bits per heavy atom. The third kappa shape index (κ3) is 2.35. The number of ether oxygens (including phenoxy) is 1. The van der Waals surface area contributed by atoms with Gasteiger partial charge in [-0.15, -0.1) is 0 Å². The SMILES string of the molecule is O=C(O)[C@@H]1CC[C@H](C(=O)N2CCOCC2)C1. The highest BCUT2D eigenvalue weighted by molar-refractivity contribution is 5.81. The monoisotopic (exact) mass is 227 g/mol. The molecule has 2 rings (SSSR count). The lowest BCUT2D eigenvalue weighted by molar-refractivity contribution is -0.142. The highest BCUT2D eigenvalue weighted by Crippen LogP contribution is 2.32. The third-order valence-electron chi connectivity index (χ3n) is 3.45. The number of carboxylic acids is 1. The molecule has 0 radical (unpaired) electrons. The summed E-state index contributed by atoms with van der Waals surface area (Å²) in [4.78, 5) is 24.7. The number of nitrogens with zero attached hydrogens (tertiary/aromatic N) is 1. The first kappa shape index (κ1) is 11.4. The van der Waals surface area contributed by atoms with Crippen molar-refractivity contribution in [2.45, 2.75) is 19.3 Å². The summed E-state index contributed by atoms with van der Waals surface area (Å²) in [6.07, 6.45) is 1.86. The topological polar surface area (TPSA) is 66.8 Å². The van der Waals surface area contributed by atoms with Gasteiger partial charge < -0.3 is 14.7 Å². The molecule has 1 amide bonds. The predicted molar refractivity (Wildman–Crippen MR) is 55.9 cm³/mol. The predicted octanol–water partition coefficient (Wildman–Crippen LogP) is 0.346. The molecule has 0 aromatic heterocycles. The molecule has 2 atom stereocenters. The van der Waals surface area contributed by atoms with E-state index in [1.165, 1.54) is 0 Å². The number of carbonyl (C=O) groups excluding carboxylic acids is 1. The molecule has 1 aliphatic heterocycles. The molecule has 90 valence electrons. The molecule has 0 unspecified atom stereocenters. The zero-order chi connectivity index (χ0) is 11.5. The number of hydrogen-bond donors (Lipinski definition) is 1. The van der Waals surface area contributed by atoms with E-state index in [-0.39, 0.29) is 17.7 Å². The summed E-state index contributed by atoms with van der Waals surface area (Å²) in [6.45, 7) is 2.49. The maximum absolute atomic E-state index is 12.0. The molecule has 16 heavy (non-hydrogen) atoms. The van der Waals surface area contributed by atoms with Crippen LogP contribution in [0, 0.1) is 11.8 Å². The van der Waals surface area contributed by atoms with E-state index in [0.717, 1.165) is 0 Å². The van der Waals surface area contributed by atoms with Crippen molar-refractivity contribution >= 4 is 11.9 Å². The van der Waals surface area contributed by atoms with Gasteiger partial charge >= 0.3 is 5.97 Å². The molecule has 0 aromatic rings. The van der Waals surface area contributed by atoms with Crippen LogP contribution in [0.25, 0.3) is 0 Å². The second-order valence-electron chi connectivity index (χ2n) is 4.48. The average molecular weight is 227 g/mol. The van der Waals surface area contributed by atoms with Gasteiger partial charge in [-0.05, 0) is 19.3 Å². The van der Waals surface area contributed by atoms with Crippen molar-refractivity contribution in [1.29, 1.82) is 0 Å². The minimum absolute atomic E-state index is 0.0841. The van der Waals surface area contributed by atoms with Gasteiger partial charge in [0.25, 0.3) is 0 Å². The number of aliphatic carboxylic acids is 1. The van der Waals surface area contributed by atoms with Crippen LogP contribution < -0.4 is 0 Å². The zero-order valence-corrected chi connectivity index (χ0v) is 9.22. The summed E-state index contributed by atoms with van der Waals surface area (Å²) in [7, 11) is 0. The first-order valence-corrected chi connectivity index (χ1v) is 5.78. The van der Waals surface area contributed by atoms with Gasteiger partial charge in [-0.3, -0.25) is 9.59 Å². The number of carboxylic acid groups (broad SMARTS) is 1. The Kier molecular flexibility index (Phi) is 3.43. The van der Waals surface area contributed by atoms with Crippen LogP contribution in [0.5, 0.6) is 0 Å². The van der Waals surface area contributed by atoms with Gasteiger partial charge in [0.1, 0.15) is 0 Å². The maximum Gasteiger partial charge on any atom is 0.306 e. The first-order chi connectivity index (χ1) is 7.68. The minimum atomic E-state index is -0.766. The second-order valence-corrected chi connectivity index (χ2v) is 4.48. The average Bonchev–Trinajstić information content (AvgIpc) is 2.78. The fourth-order valence-corrected chi connectivity index (χ4v) is 2.47. The van der Waals surface area contributed by atoms with Gasteiger partial charge in [-0.25, -0.2) is 0 Å². The van der Waals surface area contributed by atoms with Gasteiger partial charge in [0, 0.05) is 19.0 Å². The fraction of sp³-hybridized carbons (Fsp3) is 0.818. The molecule has 2 aliphatic rings. The Hall–Kier alpha value is -1.10. The molecule has 0 spiro atoms. The van der Waals surface area contributed by atoms with Crippen LogP contribution in [-0.2, 0) is 14.3 Å². The highest BCUT2D eigenvalue weighted by atomic mass is 16.5. The van der Waals surface area contributed by atoms with Gasteiger partial charge in [0.05, 0.1) is 19.1 Å². The number of amides is 1. The molecule has 1 heterocycles. The van der Waals surface area contributed by atoms with E-state index in [1.807, 2.05) is 0 Å². The summed E-state index contributed by atoms with van der Waals surface area (Å²) in [5.41, 5.74) is 0. The number of rotatable bonds is 2. The summed E-state index contributed by atoms with van der Waals surface area (Å²) in [5.74, 6) is -1.06. The van der Waals surface area contributed by atoms with Crippen LogP contribution in [0.1, 0.15) is 19.3 Å². The van der Waals surface area contributed by atoms with Gasteiger partial charge in [-0.2, -0.15) is 0 Å². The smallest absolute Gasteiger partial charge is 0.306 e. The van der Waals surface area contributed by atoms with E-state index in [2.05, 4.69) is 0 Å². The van der Waals surface area contributed by atoms with Gasteiger partial charge in [0.2, 0.25) is 5.91 Å². The van der Waals surface area contributed by atoms with Gasteiger partial charge in [0.15, 0.2) is 0 Å². The van der Waals surface area contributed by atoms with Crippen molar-refractivity contribution in [2.75, 3.05) is 26.3 Å². The Morgan fingerprint density at radius 2 is 1.75 bits per heavy atom. The lowest BCUT2D eigenvalue weighted by Crippen LogP contribution is -2.43. The molecular formula is C11H17NO4. The van der Waals surface area contributed by atoms with E-state index in [1.54, 1.807) is 4.90 Å². The van der Waals surface area contributed by atoms with Crippen LogP contribution >= 0.6 is 0 Å². The molecule has 0 bridgehead atoms. The van der Waals surface area contributed by atoms with Crippen LogP contribution in [0.3, 0.4) is 0 Å². The molecule has 5 heteroatoms. The van der Waals surface area contributed by atoms with E-state index in [9.17, 15) is 9.59 Å². The molecule has 0 aromatic carbocycles. The van der Waals surface area contributed by atoms with Crippen molar-refractivity contribution in [3.63, 3.8) is 0 Å². The lowest BCUT2D eigenvalue weighted by Gasteiger charge is -2.29. The standard InChI is InChI=1S/C11H17NO4/c13-10(12-3-5-16-6-4-12)8-1-2-9(7-8)11(14)15/h8-9H,1-7H2,(H,14,15)/t8-,9+/m0/s1. The van der Waals surface area contributed by atoms with Crippen molar-refractivity contribution in [2.24, 2.45) is 11.8 Å². The van der Waals surface area contributed by atoms with Crippen molar-refractivity contribution < 1.29 is 19.4 Å². The van der Waals surface area contributed by atoms with E-state index >= 15 is 0 Å². The normalized spacial score (nSPS) is 30.4. The Bertz CT molecular complexity index is 286. The van der Waals surface area contributed by atoms with Crippen molar-refractivity contribution in [3.8, 4) is 0 Å². The highest BCUT2D eigenvalue weighted by Gasteiger charge is 2.36. The fourth-order valence-electron chi connectivity index (χ4n) is 2.47. The summed E-state index contributed by atoms with van der Waals surface area (Å²) in [5, 5.41) is 8.88. The largest absolute Gasteiger partial charge is 0.481 e. The quantitative estimate of drug-likeness (QED) is 0.739. The molecule has 2 fully saturated rings. The summed E-state index contributed by atoms with van der Waals surface area (Å²) >= 11 is 0. The first-order valence-electron chi connectivity index (χ1n) is 5.78. The summed E-state index contributed by atoms with van der Waals surface area (Å²) in [6, 6.07) is 0. The molecule has 1 N–H and O–H groups in total. The van der Waals surface area contributed by atoms with Crippen LogP contribution in [0.15, 0.2) is 0 Å². The van der Waals surface area contributed by atoms with Crippen LogP contribution in [0.4, 0.5) is 0 Å². The number of hydrogen-bond acceptors (Lipinski definition) is 3. The van der Waals surface area contributed by atoms with E-state index in [0.29, 0.717) is 45.6 Å². The van der Waals surface area contributed by atoms with Gasteiger partial charge in [-0.1, -0.05) is 0 Å². The van der Waals surface area contributed by atoms with Crippen LogP contribution in [-0.4, -0.2) is 48.2 Å². The van der Waals surface area contributed by atoms with E-state index < -0.39 is 5.97 Å². The molecular weight excluding hydrogens is 210 g/mol. The van der Waals surface area contributed by atoms with Crippen molar-refractivity contribution in [3.05, 3.63) is 0 Å². The Morgan fingerprint density at radius 1 is 1.12 bits per heavy atom. The summed E-state index contributed by atoms with van der Waals surface area (Å²) < 4.78 is 5.18. The lowest BCUT2D eigenvalue weighted by atomic mass is 10.0. The molecule has 1 aliphatic carbocycles. The second kappa shape index (κ2) is 4.82. The third-order valence-corrected chi connectivity index (χ3v) is 3.45.